The molecule has 0 fully saturated rings. The molecule has 0 atom stereocenters. The summed E-state index contributed by atoms with van der Waals surface area (Å²) in [6.45, 7) is 0. The Morgan fingerprint density at radius 1 is 0.667 bits per heavy atom. The van der Waals surface area contributed by atoms with E-state index in [0.29, 0.717) is 0 Å². The largest absolute Gasteiger partial charge is 2.00 e. The molecule has 0 spiro atoms. The minimum atomic E-state index is -1.75. The van der Waals surface area contributed by atoms with Crippen LogP contribution in [-0.4, -0.2) is 43.4 Å². The van der Waals surface area contributed by atoms with E-state index >= 15 is 0 Å². The molecule has 11 nitrogen and oxygen atoms in total. The molecule has 0 aliphatic rings. The molecule has 0 bridgehead atoms. The molecule has 14 N–H and O–H groups in total. The van der Waals surface area contributed by atoms with Gasteiger partial charge in [-0.3, -0.25) is 0 Å². The molecule has 0 heterocycles. The SMILES string of the molecule is O.O.O.O.O.O.O.O=[N+]([O-])[O-].[Co+2]. The maximum Gasteiger partial charge on any atom is 2.00 e. The van der Waals surface area contributed by atoms with Gasteiger partial charge in [-0.15, -0.1) is 0 Å². The molecular weight excluding hydrogens is 233 g/mol. The van der Waals surface area contributed by atoms with Crippen LogP contribution in [0.3, 0.4) is 0 Å². The fourth-order valence-corrected chi connectivity index (χ4v) is 0. The minimum Gasteiger partial charge on any atom is -0.412 e. The fourth-order valence-electron chi connectivity index (χ4n) is 0. The molecule has 0 amide bonds. The Kier molecular flexibility index (Phi) is 2770. The molecule has 1 radical (unpaired) electrons. The van der Waals surface area contributed by atoms with Crippen LogP contribution in [0.5, 0.6) is 0 Å². The van der Waals surface area contributed by atoms with Gasteiger partial charge in [0.1, 0.15) is 0 Å². The molecule has 0 aromatic rings. The molecule has 0 saturated heterocycles. The molecule has 87 valence electrons. The van der Waals surface area contributed by atoms with Crippen molar-refractivity contribution in [1.82, 2.24) is 0 Å². The van der Waals surface area contributed by atoms with Gasteiger partial charge in [0.05, 0.1) is 5.09 Å². The summed E-state index contributed by atoms with van der Waals surface area (Å²) in [5.41, 5.74) is 0. The van der Waals surface area contributed by atoms with E-state index in [2.05, 4.69) is 0 Å². The fraction of sp³-hybridized carbons (Fsp3) is 0. The first-order valence-corrected chi connectivity index (χ1v) is 0.548. The average molecular weight is 247 g/mol. The number of hydrogen-bond donors (Lipinski definition) is 0. The molecule has 12 heavy (non-hydrogen) atoms. The van der Waals surface area contributed by atoms with Gasteiger partial charge in [-0.25, -0.2) is 0 Å². The monoisotopic (exact) mass is 247 g/mol. The molecule has 0 aromatic heterocycles. The summed E-state index contributed by atoms with van der Waals surface area (Å²) < 4.78 is 0. The van der Waals surface area contributed by atoms with Crippen LogP contribution in [0.2, 0.25) is 0 Å². The second-order valence-electron chi connectivity index (χ2n) is 0.224. The second kappa shape index (κ2) is 157. The Morgan fingerprint density at radius 3 is 0.667 bits per heavy atom. The second-order valence-corrected chi connectivity index (χ2v) is 0.224. The van der Waals surface area contributed by atoms with Crippen LogP contribution >= 0.6 is 0 Å². The molecular formula is H14CoNO10+. The maximum absolute atomic E-state index is 8.25. The van der Waals surface area contributed by atoms with E-state index in [0.717, 1.165) is 0 Å². The van der Waals surface area contributed by atoms with Crippen LogP contribution in [0.4, 0.5) is 0 Å². The van der Waals surface area contributed by atoms with Gasteiger partial charge >= 0.3 is 16.8 Å². The average Bonchev–Trinajstić information content (AvgIpc) is 0.811. The Bertz CT molecular complexity index is 32.8. The molecule has 0 saturated carbocycles. The van der Waals surface area contributed by atoms with Crippen molar-refractivity contribution in [3.8, 4) is 0 Å². The van der Waals surface area contributed by atoms with Crippen molar-refractivity contribution >= 4 is 0 Å². The third-order valence-corrected chi connectivity index (χ3v) is 0. The third-order valence-electron chi connectivity index (χ3n) is 0. The first kappa shape index (κ1) is 211. The van der Waals surface area contributed by atoms with Crippen molar-refractivity contribution in [3.05, 3.63) is 15.3 Å². The van der Waals surface area contributed by atoms with Crippen molar-refractivity contribution in [3.63, 3.8) is 0 Å². The van der Waals surface area contributed by atoms with Gasteiger partial charge in [-0.05, 0) is 0 Å². The smallest absolute Gasteiger partial charge is 0.412 e. The molecule has 0 unspecified atom stereocenters. The van der Waals surface area contributed by atoms with Gasteiger partial charge in [0, 0.05) is 0 Å². The van der Waals surface area contributed by atoms with Gasteiger partial charge in [0.15, 0.2) is 0 Å². The Balaban J connectivity index is -0.00000000161. The van der Waals surface area contributed by atoms with Gasteiger partial charge in [0.25, 0.3) is 0 Å². The zero-order valence-corrected chi connectivity index (χ0v) is 6.55. The van der Waals surface area contributed by atoms with Gasteiger partial charge in [0.2, 0.25) is 0 Å². The van der Waals surface area contributed by atoms with Crippen LogP contribution in [0, 0.1) is 15.3 Å². The van der Waals surface area contributed by atoms with Crippen LogP contribution in [0.1, 0.15) is 0 Å². The summed E-state index contributed by atoms with van der Waals surface area (Å²) in [4.78, 5) is 8.25. The van der Waals surface area contributed by atoms with Crippen molar-refractivity contribution in [2.24, 2.45) is 0 Å². The summed E-state index contributed by atoms with van der Waals surface area (Å²) in [6.07, 6.45) is 0. The molecule has 0 aliphatic heterocycles. The molecule has 12 heteroatoms. The van der Waals surface area contributed by atoms with Gasteiger partial charge < -0.3 is 53.7 Å². The summed E-state index contributed by atoms with van der Waals surface area (Å²) >= 11 is 0. The quantitative estimate of drug-likeness (QED) is 0.298. The molecule has 0 rings (SSSR count). The first-order valence-electron chi connectivity index (χ1n) is 0.548. The van der Waals surface area contributed by atoms with E-state index in [1.54, 1.807) is 0 Å². The molecule has 0 aliphatic carbocycles. The van der Waals surface area contributed by atoms with E-state index in [4.69, 9.17) is 15.3 Å². The Morgan fingerprint density at radius 2 is 0.667 bits per heavy atom. The van der Waals surface area contributed by atoms with Crippen LogP contribution < -0.4 is 0 Å². The van der Waals surface area contributed by atoms with E-state index < -0.39 is 5.09 Å². The van der Waals surface area contributed by atoms with Crippen LogP contribution in [0.15, 0.2) is 0 Å². The predicted octanol–water partition coefficient (Wildman–Crippen LogP) is -6.01. The third kappa shape index (κ3) is 2040. The van der Waals surface area contributed by atoms with Crippen LogP contribution in [0.25, 0.3) is 0 Å². The zero-order chi connectivity index (χ0) is 3.58. The topological polar surface area (TPSA) is 287 Å². The standard InChI is InChI=1S/Co.NO3.7H2O/c;2-1(3)4;;;;;;;/h;;7*1H2/q+2;-1;;;;;;;. The van der Waals surface area contributed by atoms with Crippen LogP contribution in [-0.2, 0) is 16.8 Å². The Hall–Kier alpha value is -0.574. The normalized spacial score (nSPS) is 2.00. The maximum atomic E-state index is 8.25. The van der Waals surface area contributed by atoms with E-state index in [1.165, 1.54) is 0 Å². The zero-order valence-electron chi connectivity index (χ0n) is 5.51. The summed E-state index contributed by atoms with van der Waals surface area (Å²) in [5.74, 6) is 0. The minimum absolute atomic E-state index is 0. The summed E-state index contributed by atoms with van der Waals surface area (Å²) in [6, 6.07) is 0. The van der Waals surface area contributed by atoms with Crippen molar-refractivity contribution in [2.75, 3.05) is 0 Å². The number of hydrogen-bond acceptors (Lipinski definition) is 3. The van der Waals surface area contributed by atoms with Gasteiger partial charge in [-0.2, -0.15) is 0 Å². The Labute approximate surface area is 76.5 Å². The van der Waals surface area contributed by atoms with E-state index in [9.17, 15) is 0 Å². The van der Waals surface area contributed by atoms with E-state index in [-0.39, 0.29) is 55.1 Å². The summed E-state index contributed by atoms with van der Waals surface area (Å²) in [7, 11) is 0. The number of nitrogens with zero attached hydrogens (tertiary/aromatic N) is 1. The van der Waals surface area contributed by atoms with Crippen molar-refractivity contribution in [1.29, 1.82) is 0 Å². The first-order chi connectivity index (χ1) is 1.73. The molecule has 0 aromatic carbocycles. The number of rotatable bonds is 0. The van der Waals surface area contributed by atoms with Crippen molar-refractivity contribution in [2.45, 2.75) is 0 Å². The van der Waals surface area contributed by atoms with Gasteiger partial charge in [-0.1, -0.05) is 0 Å². The summed E-state index contributed by atoms with van der Waals surface area (Å²) in [5, 5.41) is 14.8. The van der Waals surface area contributed by atoms with E-state index in [1.807, 2.05) is 0 Å². The predicted molar refractivity (Wildman–Crippen MR) is 35.7 cm³/mol. The van der Waals surface area contributed by atoms with Crippen molar-refractivity contribution < 1.29 is 60.2 Å².